The number of rotatable bonds is 2. The van der Waals surface area contributed by atoms with Gasteiger partial charge in [-0.1, -0.05) is 18.2 Å². The molecule has 3 rings (SSSR count). The Hall–Kier alpha value is -1.06. The van der Waals surface area contributed by atoms with E-state index in [1.54, 1.807) is 0 Å². The van der Waals surface area contributed by atoms with E-state index in [2.05, 4.69) is 37.4 Å². The zero-order valence-electron chi connectivity index (χ0n) is 10.4. The third-order valence-electron chi connectivity index (χ3n) is 3.45. The van der Waals surface area contributed by atoms with E-state index in [0.29, 0.717) is 12.1 Å². The SMILES string of the molecule is CC1(C)CC(NC2COC2)c2ccccc2O1. The van der Waals surface area contributed by atoms with Crippen molar-refractivity contribution in [1.29, 1.82) is 0 Å². The summed E-state index contributed by atoms with van der Waals surface area (Å²) in [6.45, 7) is 5.96. The van der Waals surface area contributed by atoms with Crippen LogP contribution in [0.5, 0.6) is 5.75 Å². The molecule has 0 aromatic heterocycles. The van der Waals surface area contributed by atoms with E-state index in [0.717, 1.165) is 25.4 Å². The molecule has 2 aliphatic rings. The van der Waals surface area contributed by atoms with Crippen LogP contribution in [0.15, 0.2) is 24.3 Å². The first-order valence-electron chi connectivity index (χ1n) is 6.26. The van der Waals surface area contributed by atoms with Gasteiger partial charge in [-0.2, -0.15) is 0 Å². The van der Waals surface area contributed by atoms with Gasteiger partial charge in [-0.15, -0.1) is 0 Å². The first kappa shape index (κ1) is 11.1. The van der Waals surface area contributed by atoms with Crippen LogP contribution in [0.3, 0.4) is 0 Å². The van der Waals surface area contributed by atoms with Crippen molar-refractivity contribution in [2.45, 2.75) is 38.0 Å². The van der Waals surface area contributed by atoms with Crippen LogP contribution in [0.25, 0.3) is 0 Å². The van der Waals surface area contributed by atoms with E-state index >= 15 is 0 Å². The van der Waals surface area contributed by atoms with Crippen LogP contribution in [-0.4, -0.2) is 24.9 Å². The largest absolute Gasteiger partial charge is 0.487 e. The number of ether oxygens (including phenoxy) is 2. The number of benzene rings is 1. The Balaban J connectivity index is 1.86. The predicted octanol–water partition coefficient (Wildman–Crippen LogP) is 2.28. The molecule has 1 aromatic rings. The fourth-order valence-corrected chi connectivity index (χ4v) is 2.57. The fourth-order valence-electron chi connectivity index (χ4n) is 2.57. The van der Waals surface area contributed by atoms with Crippen molar-refractivity contribution in [3.05, 3.63) is 29.8 Å². The molecule has 0 radical (unpaired) electrons. The molecule has 0 bridgehead atoms. The lowest BCUT2D eigenvalue weighted by molar-refractivity contribution is -0.0193. The zero-order chi connectivity index (χ0) is 11.9. The topological polar surface area (TPSA) is 30.5 Å². The minimum Gasteiger partial charge on any atom is -0.487 e. The van der Waals surface area contributed by atoms with Crippen LogP contribution in [0.1, 0.15) is 31.9 Å². The molecule has 0 spiro atoms. The first-order valence-corrected chi connectivity index (χ1v) is 6.26. The van der Waals surface area contributed by atoms with Gasteiger partial charge in [-0.3, -0.25) is 0 Å². The smallest absolute Gasteiger partial charge is 0.124 e. The molecule has 0 saturated carbocycles. The van der Waals surface area contributed by atoms with Crippen molar-refractivity contribution in [3.8, 4) is 5.75 Å². The van der Waals surface area contributed by atoms with Crippen LogP contribution < -0.4 is 10.1 Å². The molecule has 92 valence electrons. The number of hydrogen-bond acceptors (Lipinski definition) is 3. The Kier molecular flexibility index (Phi) is 2.60. The molecular formula is C14H19NO2. The lowest BCUT2D eigenvalue weighted by Gasteiger charge is -2.40. The maximum absolute atomic E-state index is 6.01. The Morgan fingerprint density at radius 3 is 2.71 bits per heavy atom. The number of para-hydroxylation sites is 1. The van der Waals surface area contributed by atoms with E-state index < -0.39 is 0 Å². The van der Waals surface area contributed by atoms with Crippen LogP contribution >= 0.6 is 0 Å². The number of nitrogens with one attached hydrogen (secondary N) is 1. The Bertz CT molecular complexity index is 412. The van der Waals surface area contributed by atoms with Crippen molar-refractivity contribution >= 4 is 0 Å². The van der Waals surface area contributed by atoms with Crippen molar-refractivity contribution in [3.63, 3.8) is 0 Å². The molecule has 3 nitrogen and oxygen atoms in total. The lowest BCUT2D eigenvalue weighted by atomic mass is 9.89. The maximum Gasteiger partial charge on any atom is 0.124 e. The van der Waals surface area contributed by atoms with Crippen molar-refractivity contribution in [2.24, 2.45) is 0 Å². The molecule has 1 atom stereocenters. The average molecular weight is 233 g/mol. The van der Waals surface area contributed by atoms with Crippen LogP contribution in [-0.2, 0) is 4.74 Å². The second-order valence-corrected chi connectivity index (χ2v) is 5.56. The van der Waals surface area contributed by atoms with E-state index in [1.807, 2.05) is 6.07 Å². The maximum atomic E-state index is 6.01. The monoisotopic (exact) mass is 233 g/mol. The molecule has 0 amide bonds. The van der Waals surface area contributed by atoms with Gasteiger partial charge in [0.2, 0.25) is 0 Å². The summed E-state index contributed by atoms with van der Waals surface area (Å²) >= 11 is 0. The molecular weight excluding hydrogens is 214 g/mol. The van der Waals surface area contributed by atoms with Gasteiger partial charge in [0.1, 0.15) is 11.4 Å². The normalized spacial score (nSPS) is 26.8. The van der Waals surface area contributed by atoms with Gasteiger partial charge in [0, 0.05) is 18.0 Å². The van der Waals surface area contributed by atoms with Gasteiger partial charge in [0.15, 0.2) is 0 Å². The first-order chi connectivity index (χ1) is 8.14. The number of fused-ring (bicyclic) bond motifs is 1. The second kappa shape index (κ2) is 4.00. The van der Waals surface area contributed by atoms with Crippen LogP contribution in [0.4, 0.5) is 0 Å². The summed E-state index contributed by atoms with van der Waals surface area (Å²) in [6.07, 6.45) is 1.00. The van der Waals surface area contributed by atoms with Crippen molar-refractivity contribution in [1.82, 2.24) is 5.32 Å². The summed E-state index contributed by atoms with van der Waals surface area (Å²) in [7, 11) is 0. The quantitative estimate of drug-likeness (QED) is 0.850. The van der Waals surface area contributed by atoms with Gasteiger partial charge < -0.3 is 14.8 Å². The highest BCUT2D eigenvalue weighted by atomic mass is 16.5. The van der Waals surface area contributed by atoms with Crippen LogP contribution in [0.2, 0.25) is 0 Å². The van der Waals surface area contributed by atoms with E-state index in [1.165, 1.54) is 5.56 Å². The summed E-state index contributed by atoms with van der Waals surface area (Å²) in [5.74, 6) is 1.02. The molecule has 3 heteroatoms. The predicted molar refractivity (Wildman–Crippen MR) is 66.2 cm³/mol. The lowest BCUT2D eigenvalue weighted by Crippen LogP contribution is -2.50. The summed E-state index contributed by atoms with van der Waals surface area (Å²) in [5.41, 5.74) is 1.18. The minimum atomic E-state index is -0.101. The molecule has 1 saturated heterocycles. The third kappa shape index (κ3) is 2.17. The summed E-state index contributed by atoms with van der Waals surface area (Å²) in [6, 6.07) is 9.20. The van der Waals surface area contributed by atoms with Gasteiger partial charge in [-0.25, -0.2) is 0 Å². The highest BCUT2D eigenvalue weighted by molar-refractivity contribution is 5.38. The highest BCUT2D eigenvalue weighted by Gasteiger charge is 2.35. The summed E-state index contributed by atoms with van der Waals surface area (Å²) < 4.78 is 11.2. The van der Waals surface area contributed by atoms with Crippen molar-refractivity contribution in [2.75, 3.05) is 13.2 Å². The summed E-state index contributed by atoms with van der Waals surface area (Å²) in [5, 5.41) is 3.66. The Morgan fingerprint density at radius 1 is 1.24 bits per heavy atom. The zero-order valence-corrected chi connectivity index (χ0v) is 10.4. The molecule has 17 heavy (non-hydrogen) atoms. The molecule has 1 N–H and O–H groups in total. The standard InChI is InChI=1S/C14H19NO2/c1-14(2)7-12(15-10-8-16-9-10)11-5-3-4-6-13(11)17-14/h3-6,10,12,15H,7-9H2,1-2H3. The van der Waals surface area contributed by atoms with E-state index in [4.69, 9.17) is 9.47 Å². The Morgan fingerprint density at radius 2 is 2.00 bits per heavy atom. The number of hydrogen-bond donors (Lipinski definition) is 1. The molecule has 0 aliphatic carbocycles. The van der Waals surface area contributed by atoms with Gasteiger partial charge in [0.25, 0.3) is 0 Å². The fraction of sp³-hybridized carbons (Fsp3) is 0.571. The molecule has 2 aliphatic heterocycles. The van der Waals surface area contributed by atoms with Gasteiger partial charge in [0.05, 0.1) is 19.3 Å². The third-order valence-corrected chi connectivity index (χ3v) is 3.45. The molecule has 1 unspecified atom stereocenters. The Labute approximate surface area is 102 Å². The van der Waals surface area contributed by atoms with E-state index in [9.17, 15) is 0 Å². The van der Waals surface area contributed by atoms with Crippen LogP contribution in [0, 0.1) is 0 Å². The molecule has 2 heterocycles. The molecule has 1 aromatic carbocycles. The highest BCUT2D eigenvalue weighted by Crippen LogP contribution is 2.39. The minimum absolute atomic E-state index is 0.101. The van der Waals surface area contributed by atoms with Gasteiger partial charge >= 0.3 is 0 Å². The second-order valence-electron chi connectivity index (χ2n) is 5.56. The molecule has 1 fully saturated rings. The van der Waals surface area contributed by atoms with E-state index in [-0.39, 0.29) is 5.60 Å². The van der Waals surface area contributed by atoms with Crippen molar-refractivity contribution < 1.29 is 9.47 Å². The summed E-state index contributed by atoms with van der Waals surface area (Å²) in [4.78, 5) is 0. The van der Waals surface area contributed by atoms with Gasteiger partial charge in [-0.05, 0) is 19.9 Å². The average Bonchev–Trinajstić information content (AvgIpc) is 2.21.